The minimum atomic E-state index is -0.869. The molecule has 0 radical (unpaired) electrons. The van der Waals surface area contributed by atoms with Crippen LogP contribution in [0.5, 0.6) is 0 Å². The summed E-state index contributed by atoms with van der Waals surface area (Å²) in [5.74, 6) is -0.869. The molecule has 1 N–H and O–H groups in total. The van der Waals surface area contributed by atoms with Crippen LogP contribution in [0.15, 0.2) is 24.3 Å². The number of carbonyl (C=O) groups is 1. The van der Waals surface area contributed by atoms with Gasteiger partial charge in [0.15, 0.2) is 6.10 Å². The zero-order chi connectivity index (χ0) is 12.5. The summed E-state index contributed by atoms with van der Waals surface area (Å²) in [5.41, 5.74) is 2.05. The van der Waals surface area contributed by atoms with E-state index in [0.29, 0.717) is 0 Å². The van der Waals surface area contributed by atoms with Gasteiger partial charge in [0.05, 0.1) is 0 Å². The molecule has 0 heterocycles. The van der Waals surface area contributed by atoms with Crippen molar-refractivity contribution >= 4 is 5.97 Å². The summed E-state index contributed by atoms with van der Waals surface area (Å²) >= 11 is 0. The molecule has 2 rings (SSSR count). The Balaban J connectivity index is 2.34. The Kier molecular flexibility index (Phi) is 3.20. The van der Waals surface area contributed by atoms with Crippen LogP contribution in [0.4, 0.5) is 0 Å². The molecule has 3 heteroatoms. The van der Waals surface area contributed by atoms with Crippen LogP contribution in [-0.2, 0) is 21.4 Å². The van der Waals surface area contributed by atoms with Crippen LogP contribution in [-0.4, -0.2) is 24.3 Å². The van der Waals surface area contributed by atoms with Gasteiger partial charge in [0, 0.05) is 12.5 Å². The standard InChI is InChI=1S/C14H18O3/c1-3-10-5-4-6-11(9-10)14(7-8-14)12(17-2)13(15)16/h4-6,9,12H,3,7-8H2,1-2H3,(H,15,16). The number of ether oxygens (including phenoxy) is 1. The third-order valence-electron chi connectivity index (χ3n) is 3.66. The fraction of sp³-hybridized carbons (Fsp3) is 0.500. The molecule has 0 saturated heterocycles. The van der Waals surface area contributed by atoms with E-state index in [1.165, 1.54) is 12.7 Å². The molecule has 1 aromatic rings. The third kappa shape index (κ3) is 2.07. The second-order valence-electron chi connectivity index (χ2n) is 4.66. The molecule has 0 bridgehead atoms. The number of hydrogen-bond donors (Lipinski definition) is 1. The lowest BCUT2D eigenvalue weighted by Crippen LogP contribution is -2.35. The lowest BCUT2D eigenvalue weighted by molar-refractivity contribution is -0.150. The van der Waals surface area contributed by atoms with Crippen molar-refractivity contribution in [1.29, 1.82) is 0 Å². The summed E-state index contributed by atoms with van der Waals surface area (Å²) < 4.78 is 5.17. The van der Waals surface area contributed by atoms with Crippen LogP contribution in [0.1, 0.15) is 30.9 Å². The summed E-state index contributed by atoms with van der Waals surface area (Å²) in [5, 5.41) is 9.21. The quantitative estimate of drug-likeness (QED) is 0.850. The lowest BCUT2D eigenvalue weighted by atomic mass is 9.88. The Labute approximate surface area is 101 Å². The molecule has 0 amide bonds. The largest absolute Gasteiger partial charge is 0.479 e. The Morgan fingerprint density at radius 2 is 2.24 bits per heavy atom. The Morgan fingerprint density at radius 1 is 1.53 bits per heavy atom. The number of aryl methyl sites for hydroxylation is 1. The van der Waals surface area contributed by atoms with E-state index in [2.05, 4.69) is 19.1 Å². The molecular weight excluding hydrogens is 216 g/mol. The van der Waals surface area contributed by atoms with Gasteiger partial charge in [-0.05, 0) is 30.4 Å². The van der Waals surface area contributed by atoms with Crippen molar-refractivity contribution < 1.29 is 14.6 Å². The summed E-state index contributed by atoms with van der Waals surface area (Å²) in [7, 11) is 1.47. The number of carboxylic acids is 1. The predicted molar refractivity (Wildman–Crippen MR) is 65.2 cm³/mol. The van der Waals surface area contributed by atoms with Crippen LogP contribution in [0, 0.1) is 0 Å². The van der Waals surface area contributed by atoms with Crippen molar-refractivity contribution in [3.8, 4) is 0 Å². The van der Waals surface area contributed by atoms with Gasteiger partial charge in [0.25, 0.3) is 0 Å². The Morgan fingerprint density at radius 3 is 2.71 bits per heavy atom. The van der Waals surface area contributed by atoms with Crippen LogP contribution >= 0.6 is 0 Å². The fourth-order valence-corrected chi connectivity index (χ4v) is 2.50. The van der Waals surface area contributed by atoms with Gasteiger partial charge in [0.1, 0.15) is 0 Å². The average Bonchev–Trinajstić information content (AvgIpc) is 3.11. The van der Waals surface area contributed by atoms with Gasteiger partial charge in [-0.1, -0.05) is 31.2 Å². The van der Waals surface area contributed by atoms with Crippen LogP contribution < -0.4 is 0 Å². The second-order valence-corrected chi connectivity index (χ2v) is 4.66. The highest BCUT2D eigenvalue weighted by molar-refractivity contribution is 5.76. The minimum Gasteiger partial charge on any atom is -0.479 e. The van der Waals surface area contributed by atoms with Gasteiger partial charge in [0.2, 0.25) is 0 Å². The highest BCUT2D eigenvalue weighted by atomic mass is 16.5. The molecule has 1 atom stereocenters. The van der Waals surface area contributed by atoms with E-state index in [-0.39, 0.29) is 5.41 Å². The van der Waals surface area contributed by atoms with Crippen molar-refractivity contribution in [1.82, 2.24) is 0 Å². The molecular formula is C14H18O3. The van der Waals surface area contributed by atoms with E-state index in [0.717, 1.165) is 24.8 Å². The molecule has 0 spiro atoms. The summed E-state index contributed by atoms with van der Waals surface area (Å²) in [6, 6.07) is 8.20. The van der Waals surface area contributed by atoms with Crippen molar-refractivity contribution in [3.63, 3.8) is 0 Å². The van der Waals surface area contributed by atoms with Crippen molar-refractivity contribution in [3.05, 3.63) is 35.4 Å². The van der Waals surface area contributed by atoms with Crippen molar-refractivity contribution in [2.75, 3.05) is 7.11 Å². The molecule has 1 aliphatic carbocycles. The molecule has 1 fully saturated rings. The second kappa shape index (κ2) is 4.49. The number of benzene rings is 1. The summed E-state index contributed by atoms with van der Waals surface area (Å²) in [4.78, 5) is 11.2. The maximum atomic E-state index is 11.2. The van der Waals surface area contributed by atoms with E-state index in [1.54, 1.807) is 0 Å². The summed E-state index contributed by atoms with van der Waals surface area (Å²) in [6.45, 7) is 2.10. The molecule has 3 nitrogen and oxygen atoms in total. The zero-order valence-electron chi connectivity index (χ0n) is 10.3. The topological polar surface area (TPSA) is 46.5 Å². The van der Waals surface area contributed by atoms with Gasteiger partial charge in [-0.2, -0.15) is 0 Å². The molecule has 17 heavy (non-hydrogen) atoms. The first-order chi connectivity index (χ1) is 8.14. The van der Waals surface area contributed by atoms with Gasteiger partial charge in [-0.25, -0.2) is 4.79 Å². The van der Waals surface area contributed by atoms with Gasteiger partial charge >= 0.3 is 5.97 Å². The molecule has 92 valence electrons. The van der Waals surface area contributed by atoms with Crippen molar-refractivity contribution in [2.24, 2.45) is 0 Å². The maximum Gasteiger partial charge on any atom is 0.333 e. The van der Waals surface area contributed by atoms with Crippen LogP contribution in [0.25, 0.3) is 0 Å². The SMILES string of the molecule is CCc1cccc(C2(C(OC)C(=O)O)CC2)c1. The highest BCUT2D eigenvalue weighted by Crippen LogP contribution is 2.52. The van der Waals surface area contributed by atoms with Gasteiger partial charge in [-0.15, -0.1) is 0 Å². The fourth-order valence-electron chi connectivity index (χ4n) is 2.50. The van der Waals surface area contributed by atoms with Crippen molar-refractivity contribution in [2.45, 2.75) is 37.7 Å². The molecule has 1 saturated carbocycles. The van der Waals surface area contributed by atoms with Gasteiger partial charge < -0.3 is 9.84 Å². The van der Waals surface area contributed by atoms with Gasteiger partial charge in [-0.3, -0.25) is 0 Å². The first kappa shape index (κ1) is 12.1. The number of rotatable bonds is 5. The monoisotopic (exact) mass is 234 g/mol. The molecule has 0 aromatic heterocycles. The molecule has 0 aliphatic heterocycles. The number of aliphatic carboxylic acids is 1. The van der Waals surface area contributed by atoms with Crippen LogP contribution in [0.2, 0.25) is 0 Å². The summed E-state index contributed by atoms with van der Waals surface area (Å²) in [6.07, 6.45) is 2.03. The smallest absolute Gasteiger partial charge is 0.333 e. The van der Waals surface area contributed by atoms with E-state index in [9.17, 15) is 9.90 Å². The Hall–Kier alpha value is -1.35. The Bertz CT molecular complexity index is 421. The molecule has 1 unspecified atom stereocenters. The first-order valence-corrected chi connectivity index (χ1v) is 5.99. The first-order valence-electron chi connectivity index (χ1n) is 5.99. The molecule has 1 aromatic carbocycles. The lowest BCUT2D eigenvalue weighted by Gasteiger charge is -2.23. The van der Waals surface area contributed by atoms with E-state index in [4.69, 9.17) is 4.74 Å². The maximum absolute atomic E-state index is 11.2. The normalized spacial score (nSPS) is 18.7. The average molecular weight is 234 g/mol. The van der Waals surface area contributed by atoms with E-state index < -0.39 is 12.1 Å². The number of methoxy groups -OCH3 is 1. The predicted octanol–water partition coefficient (Wildman–Crippen LogP) is 2.38. The minimum absolute atomic E-state index is 0.300. The zero-order valence-corrected chi connectivity index (χ0v) is 10.3. The molecule has 1 aliphatic rings. The van der Waals surface area contributed by atoms with E-state index in [1.807, 2.05) is 12.1 Å². The highest BCUT2D eigenvalue weighted by Gasteiger charge is 2.54. The number of hydrogen-bond acceptors (Lipinski definition) is 2. The van der Waals surface area contributed by atoms with E-state index >= 15 is 0 Å². The third-order valence-corrected chi connectivity index (χ3v) is 3.66. The van der Waals surface area contributed by atoms with Crippen LogP contribution in [0.3, 0.4) is 0 Å². The number of carboxylic acid groups (broad SMARTS) is 1.